The molecule has 2 aliphatic heterocycles. The monoisotopic (exact) mass is 341 g/mol. The first-order chi connectivity index (χ1) is 9.24. The minimum atomic E-state index is 0.634. The van der Waals surface area contributed by atoms with Crippen molar-refractivity contribution in [3.8, 4) is 5.75 Å². The van der Waals surface area contributed by atoms with Gasteiger partial charge in [-0.3, -0.25) is 0 Å². The highest BCUT2D eigenvalue weighted by Crippen LogP contribution is 2.33. The molecule has 2 atom stereocenters. The van der Waals surface area contributed by atoms with Crippen LogP contribution in [0.2, 0.25) is 0 Å². The Bertz CT molecular complexity index is 466. The second-order valence-electron chi connectivity index (χ2n) is 5.36. The maximum atomic E-state index is 5.79. The van der Waals surface area contributed by atoms with E-state index in [-0.39, 0.29) is 0 Å². The lowest BCUT2D eigenvalue weighted by atomic mass is 10.1. The van der Waals surface area contributed by atoms with Crippen molar-refractivity contribution in [1.29, 1.82) is 0 Å². The van der Waals surface area contributed by atoms with E-state index in [1.807, 2.05) is 0 Å². The third-order valence-corrected chi connectivity index (χ3v) is 5.82. The molecule has 0 aliphatic carbocycles. The van der Waals surface area contributed by atoms with Crippen molar-refractivity contribution < 1.29 is 4.74 Å². The van der Waals surface area contributed by atoms with Crippen molar-refractivity contribution in [1.82, 2.24) is 5.32 Å². The van der Waals surface area contributed by atoms with Gasteiger partial charge in [-0.05, 0) is 36.3 Å². The number of hydrogen-bond donors (Lipinski definition) is 1. The Hall–Kier alpha value is -0.190. The second kappa shape index (κ2) is 6.06. The van der Waals surface area contributed by atoms with Crippen molar-refractivity contribution in [2.45, 2.75) is 44.0 Å². The highest BCUT2D eigenvalue weighted by atomic mass is 79.9. The summed E-state index contributed by atoms with van der Waals surface area (Å²) in [6.07, 6.45) is 3.67. The molecule has 2 heterocycles. The fourth-order valence-corrected chi connectivity index (χ4v) is 4.63. The molecule has 104 valence electrons. The quantitative estimate of drug-likeness (QED) is 0.904. The van der Waals surface area contributed by atoms with Gasteiger partial charge in [0.1, 0.15) is 5.75 Å². The zero-order valence-corrected chi connectivity index (χ0v) is 13.6. The molecule has 1 aromatic rings. The summed E-state index contributed by atoms with van der Waals surface area (Å²) in [4.78, 5) is 0. The zero-order valence-electron chi connectivity index (χ0n) is 11.2. The van der Waals surface area contributed by atoms with Crippen LogP contribution >= 0.6 is 27.7 Å². The van der Waals surface area contributed by atoms with Gasteiger partial charge in [0, 0.05) is 34.3 Å². The number of fused-ring (bicyclic) bond motifs is 1. The topological polar surface area (TPSA) is 21.3 Å². The van der Waals surface area contributed by atoms with Crippen LogP contribution < -0.4 is 10.1 Å². The maximum Gasteiger partial charge on any atom is 0.127 e. The van der Waals surface area contributed by atoms with Crippen LogP contribution in [0.25, 0.3) is 0 Å². The van der Waals surface area contributed by atoms with Crippen LogP contribution in [0.5, 0.6) is 5.75 Å². The van der Waals surface area contributed by atoms with Crippen LogP contribution in [0.15, 0.2) is 16.6 Å². The minimum Gasteiger partial charge on any atom is -0.493 e. The number of ether oxygens (including phenoxy) is 1. The van der Waals surface area contributed by atoms with E-state index >= 15 is 0 Å². The van der Waals surface area contributed by atoms with Gasteiger partial charge in [-0.1, -0.05) is 22.9 Å². The largest absolute Gasteiger partial charge is 0.493 e. The summed E-state index contributed by atoms with van der Waals surface area (Å²) in [6.45, 7) is 4.08. The molecule has 19 heavy (non-hydrogen) atoms. The average Bonchev–Trinajstić information content (AvgIpc) is 2.85. The van der Waals surface area contributed by atoms with Gasteiger partial charge in [-0.15, -0.1) is 0 Å². The Kier molecular flexibility index (Phi) is 4.40. The van der Waals surface area contributed by atoms with Gasteiger partial charge in [0.2, 0.25) is 0 Å². The molecule has 0 amide bonds. The van der Waals surface area contributed by atoms with Crippen molar-refractivity contribution in [3.05, 3.63) is 27.7 Å². The lowest BCUT2D eigenvalue weighted by Gasteiger charge is -2.29. The maximum absolute atomic E-state index is 5.79. The number of halogens is 1. The number of rotatable bonds is 3. The van der Waals surface area contributed by atoms with Gasteiger partial charge in [0.25, 0.3) is 0 Å². The fourth-order valence-electron chi connectivity index (χ4n) is 2.91. The molecule has 4 heteroatoms. The van der Waals surface area contributed by atoms with E-state index in [4.69, 9.17) is 4.74 Å². The lowest BCUT2D eigenvalue weighted by Crippen LogP contribution is -2.38. The van der Waals surface area contributed by atoms with Gasteiger partial charge in [-0.2, -0.15) is 11.8 Å². The van der Waals surface area contributed by atoms with E-state index in [0.717, 1.165) is 30.6 Å². The normalized spacial score (nSPS) is 26.0. The van der Waals surface area contributed by atoms with Crippen LogP contribution in [0.3, 0.4) is 0 Å². The third kappa shape index (κ3) is 3.11. The molecule has 1 saturated heterocycles. The summed E-state index contributed by atoms with van der Waals surface area (Å²) < 4.78 is 6.95. The molecular formula is C15H20BrNOS. The molecule has 0 aromatic heterocycles. The molecule has 1 N–H and O–H groups in total. The highest BCUT2D eigenvalue weighted by Gasteiger charge is 2.23. The minimum absolute atomic E-state index is 0.634. The lowest BCUT2D eigenvalue weighted by molar-refractivity contribution is 0.350. The molecule has 2 nitrogen and oxygen atoms in total. The summed E-state index contributed by atoms with van der Waals surface area (Å²) in [5.41, 5.74) is 2.64. The molecule has 3 rings (SSSR count). The molecule has 0 spiro atoms. The predicted octanol–water partition coefficient (Wildman–Crippen LogP) is 3.76. The van der Waals surface area contributed by atoms with Crippen molar-refractivity contribution in [2.75, 3.05) is 12.4 Å². The number of thioether (sulfide) groups is 1. The summed E-state index contributed by atoms with van der Waals surface area (Å²) in [7, 11) is 0. The Labute approximate surface area is 127 Å². The van der Waals surface area contributed by atoms with Gasteiger partial charge < -0.3 is 10.1 Å². The van der Waals surface area contributed by atoms with Crippen LogP contribution in [-0.2, 0) is 13.0 Å². The summed E-state index contributed by atoms with van der Waals surface area (Å²) in [6, 6.07) is 5.01. The molecule has 0 radical (unpaired) electrons. The summed E-state index contributed by atoms with van der Waals surface area (Å²) in [5.74, 6) is 2.43. The number of hydrogen-bond acceptors (Lipinski definition) is 3. The number of nitrogens with one attached hydrogen (secondary N) is 1. The van der Waals surface area contributed by atoms with E-state index in [9.17, 15) is 0 Å². The van der Waals surface area contributed by atoms with E-state index < -0.39 is 0 Å². The summed E-state index contributed by atoms with van der Waals surface area (Å²) in [5, 5.41) is 4.44. The first-order valence-electron chi connectivity index (χ1n) is 7.03. The van der Waals surface area contributed by atoms with E-state index in [1.165, 1.54) is 34.2 Å². The third-order valence-electron chi connectivity index (χ3n) is 3.99. The molecule has 2 unspecified atom stereocenters. The highest BCUT2D eigenvalue weighted by molar-refractivity contribution is 9.10. The average molecular weight is 342 g/mol. The fraction of sp³-hybridized carbons (Fsp3) is 0.600. The molecular weight excluding hydrogens is 322 g/mol. The van der Waals surface area contributed by atoms with Crippen molar-refractivity contribution >= 4 is 27.7 Å². The second-order valence-corrected chi connectivity index (χ2v) is 7.76. The van der Waals surface area contributed by atoms with Crippen molar-refractivity contribution in [2.24, 2.45) is 0 Å². The van der Waals surface area contributed by atoms with Gasteiger partial charge in [0.15, 0.2) is 0 Å². The Balaban J connectivity index is 1.70. The van der Waals surface area contributed by atoms with E-state index in [1.54, 1.807) is 0 Å². The standard InChI is InChI=1S/C15H20BrNOS/c1-10-14(3-2-6-19-10)17-9-12-8-13(16)7-11-4-5-18-15(11)12/h7-8,10,14,17H,2-6,9H2,1H3. The zero-order chi connectivity index (χ0) is 13.2. The molecule has 2 aliphatic rings. The number of benzene rings is 1. The van der Waals surface area contributed by atoms with E-state index in [0.29, 0.717) is 6.04 Å². The molecule has 0 saturated carbocycles. The van der Waals surface area contributed by atoms with E-state index in [2.05, 4.69) is 52.1 Å². The Morgan fingerprint density at radius 3 is 3.21 bits per heavy atom. The summed E-state index contributed by atoms with van der Waals surface area (Å²) >= 11 is 5.69. The van der Waals surface area contributed by atoms with Crippen LogP contribution in [0.4, 0.5) is 0 Å². The molecule has 1 fully saturated rings. The van der Waals surface area contributed by atoms with Gasteiger partial charge >= 0.3 is 0 Å². The van der Waals surface area contributed by atoms with Gasteiger partial charge in [0.05, 0.1) is 6.61 Å². The molecule has 0 bridgehead atoms. The van der Waals surface area contributed by atoms with Crippen LogP contribution in [0.1, 0.15) is 30.9 Å². The SMILES string of the molecule is CC1SCCCC1NCc1cc(Br)cc2c1OCC2. The Morgan fingerprint density at radius 1 is 1.47 bits per heavy atom. The Morgan fingerprint density at radius 2 is 2.37 bits per heavy atom. The van der Waals surface area contributed by atoms with Gasteiger partial charge in [-0.25, -0.2) is 0 Å². The van der Waals surface area contributed by atoms with Crippen LogP contribution in [-0.4, -0.2) is 23.7 Å². The smallest absolute Gasteiger partial charge is 0.127 e. The van der Waals surface area contributed by atoms with Crippen molar-refractivity contribution in [3.63, 3.8) is 0 Å². The van der Waals surface area contributed by atoms with Crippen LogP contribution in [0, 0.1) is 0 Å². The first kappa shape index (κ1) is 13.8. The predicted molar refractivity (Wildman–Crippen MR) is 85.1 cm³/mol. The molecule has 1 aromatic carbocycles. The first-order valence-corrected chi connectivity index (χ1v) is 8.87.